The molecule has 1 aromatic rings. The summed E-state index contributed by atoms with van der Waals surface area (Å²) in [5.41, 5.74) is 1.17. The van der Waals surface area contributed by atoms with Crippen molar-refractivity contribution in [2.75, 3.05) is 13.1 Å². The summed E-state index contributed by atoms with van der Waals surface area (Å²) in [5, 5.41) is 3.05. The zero-order valence-electron chi connectivity index (χ0n) is 9.15. The van der Waals surface area contributed by atoms with Gasteiger partial charge in [0, 0.05) is 13.1 Å². The molecule has 0 saturated heterocycles. The summed E-state index contributed by atoms with van der Waals surface area (Å²) in [7, 11) is 0. The fourth-order valence-corrected chi connectivity index (χ4v) is 0.877. The molecule has 1 aromatic carbocycles. The Morgan fingerprint density at radius 3 is 1.80 bits per heavy atom. The van der Waals surface area contributed by atoms with Gasteiger partial charge in [-0.15, -0.1) is 13.2 Å². The van der Waals surface area contributed by atoms with Gasteiger partial charge in [-0.1, -0.05) is 55.1 Å². The van der Waals surface area contributed by atoms with Crippen LogP contribution >= 0.6 is 0 Å². The van der Waals surface area contributed by atoms with Gasteiger partial charge in [0.15, 0.2) is 0 Å². The minimum absolute atomic E-state index is 0.867. The Balaban J connectivity index is 0.000000265. The van der Waals surface area contributed by atoms with Crippen LogP contribution in [-0.4, -0.2) is 13.1 Å². The van der Waals surface area contributed by atoms with Crippen molar-refractivity contribution < 1.29 is 0 Å². The van der Waals surface area contributed by atoms with E-state index in [0.717, 1.165) is 13.1 Å². The highest BCUT2D eigenvalue weighted by Gasteiger charge is 1.75. The minimum atomic E-state index is 0.867. The molecule has 0 aliphatic heterocycles. The molecule has 0 unspecified atom stereocenters. The van der Waals surface area contributed by atoms with E-state index < -0.39 is 0 Å². The van der Waals surface area contributed by atoms with Crippen molar-refractivity contribution in [1.82, 2.24) is 5.32 Å². The van der Waals surface area contributed by atoms with Crippen LogP contribution in [0.2, 0.25) is 0 Å². The molecule has 0 amide bonds. The molecule has 0 aliphatic rings. The largest absolute Gasteiger partial charge is 0.310 e. The fourth-order valence-electron chi connectivity index (χ4n) is 0.877. The highest BCUT2D eigenvalue weighted by molar-refractivity contribution is 5.45. The predicted molar refractivity (Wildman–Crippen MR) is 69.8 cm³/mol. The molecule has 0 bridgehead atoms. The topological polar surface area (TPSA) is 12.0 Å². The molecule has 15 heavy (non-hydrogen) atoms. The van der Waals surface area contributed by atoms with Crippen LogP contribution in [-0.2, 0) is 0 Å². The summed E-state index contributed by atoms with van der Waals surface area (Å²) in [4.78, 5) is 0. The van der Waals surface area contributed by atoms with E-state index in [1.54, 1.807) is 0 Å². The molecule has 0 aliphatic carbocycles. The van der Waals surface area contributed by atoms with E-state index in [9.17, 15) is 0 Å². The average molecular weight is 201 g/mol. The molecular formula is C14H19N. The molecule has 1 nitrogen and oxygen atoms in total. The molecule has 0 heterocycles. The van der Waals surface area contributed by atoms with Gasteiger partial charge in [0.05, 0.1) is 0 Å². The molecule has 0 saturated carbocycles. The number of nitrogens with one attached hydrogen (secondary N) is 1. The molecule has 0 spiro atoms. The van der Waals surface area contributed by atoms with Crippen molar-refractivity contribution in [2.24, 2.45) is 0 Å². The van der Waals surface area contributed by atoms with Crippen LogP contribution in [0.3, 0.4) is 0 Å². The van der Waals surface area contributed by atoms with Crippen molar-refractivity contribution in [3.8, 4) is 0 Å². The van der Waals surface area contributed by atoms with Crippen LogP contribution in [0.25, 0.3) is 6.08 Å². The maximum Gasteiger partial charge on any atom is 0.0135 e. The molecule has 1 rings (SSSR count). The lowest BCUT2D eigenvalue weighted by Gasteiger charge is -1.90. The van der Waals surface area contributed by atoms with Crippen molar-refractivity contribution in [3.05, 3.63) is 67.8 Å². The molecule has 0 radical (unpaired) electrons. The predicted octanol–water partition coefficient (Wildman–Crippen LogP) is 3.28. The molecule has 0 atom stereocenters. The summed E-state index contributed by atoms with van der Waals surface area (Å²) < 4.78 is 0. The zero-order chi connectivity index (χ0) is 11.4. The average Bonchev–Trinajstić information content (AvgIpc) is 2.32. The first-order valence-corrected chi connectivity index (χ1v) is 4.95. The Bertz CT molecular complexity index is 267. The van der Waals surface area contributed by atoms with Crippen LogP contribution in [0.15, 0.2) is 62.2 Å². The standard InChI is InChI=1S/C8H8.C6H11N/c1-2-8-6-4-3-5-7-8;1-3-5-7-6-4-2/h2-7H,1H2;3-4,7H,1-2,5-6H2. The van der Waals surface area contributed by atoms with E-state index >= 15 is 0 Å². The van der Waals surface area contributed by atoms with E-state index in [1.807, 2.05) is 48.6 Å². The third kappa shape index (κ3) is 8.72. The van der Waals surface area contributed by atoms with E-state index in [-0.39, 0.29) is 0 Å². The number of hydrogen-bond donors (Lipinski definition) is 1. The molecule has 80 valence electrons. The zero-order valence-corrected chi connectivity index (χ0v) is 9.15. The summed E-state index contributed by atoms with van der Waals surface area (Å²) in [6, 6.07) is 10.0. The van der Waals surface area contributed by atoms with Crippen molar-refractivity contribution >= 4 is 6.08 Å². The van der Waals surface area contributed by atoms with Gasteiger partial charge in [0.1, 0.15) is 0 Å². The smallest absolute Gasteiger partial charge is 0.0135 e. The Kier molecular flexibility index (Phi) is 9.36. The Hall–Kier alpha value is -1.60. The molecule has 1 heteroatoms. The molecule has 0 fully saturated rings. The van der Waals surface area contributed by atoms with E-state index in [0.29, 0.717) is 0 Å². The molecular weight excluding hydrogens is 182 g/mol. The quantitative estimate of drug-likeness (QED) is 0.569. The van der Waals surface area contributed by atoms with E-state index in [2.05, 4.69) is 25.1 Å². The van der Waals surface area contributed by atoms with Gasteiger partial charge in [-0.25, -0.2) is 0 Å². The second kappa shape index (κ2) is 10.5. The second-order valence-electron chi connectivity index (χ2n) is 2.85. The molecule has 0 aromatic heterocycles. The fraction of sp³-hybridized carbons (Fsp3) is 0.143. The van der Waals surface area contributed by atoms with Crippen LogP contribution in [0, 0.1) is 0 Å². The first-order chi connectivity index (χ1) is 7.35. The molecule has 1 N–H and O–H groups in total. The van der Waals surface area contributed by atoms with Gasteiger partial charge in [0.2, 0.25) is 0 Å². The van der Waals surface area contributed by atoms with Crippen molar-refractivity contribution in [2.45, 2.75) is 0 Å². The maximum absolute atomic E-state index is 3.63. The first-order valence-electron chi connectivity index (χ1n) is 4.95. The minimum Gasteiger partial charge on any atom is -0.310 e. The highest BCUT2D eigenvalue weighted by atomic mass is 14.8. The van der Waals surface area contributed by atoms with E-state index in [1.165, 1.54) is 5.56 Å². The Morgan fingerprint density at radius 1 is 0.933 bits per heavy atom. The lowest BCUT2D eigenvalue weighted by atomic mass is 10.2. The summed E-state index contributed by atoms with van der Waals surface area (Å²) >= 11 is 0. The third-order valence-electron chi connectivity index (χ3n) is 1.61. The SMILES string of the molecule is C=CCNCC=C.C=Cc1ccccc1. The lowest BCUT2D eigenvalue weighted by Crippen LogP contribution is -2.11. The third-order valence-corrected chi connectivity index (χ3v) is 1.61. The van der Waals surface area contributed by atoms with Gasteiger partial charge in [-0.2, -0.15) is 0 Å². The number of benzene rings is 1. The Morgan fingerprint density at radius 2 is 1.47 bits per heavy atom. The van der Waals surface area contributed by atoms with Crippen LogP contribution in [0.4, 0.5) is 0 Å². The van der Waals surface area contributed by atoms with Gasteiger partial charge >= 0.3 is 0 Å². The highest BCUT2D eigenvalue weighted by Crippen LogP contribution is 1.97. The van der Waals surface area contributed by atoms with Crippen LogP contribution in [0.1, 0.15) is 5.56 Å². The van der Waals surface area contributed by atoms with Crippen LogP contribution < -0.4 is 5.32 Å². The summed E-state index contributed by atoms with van der Waals surface area (Å²) in [6.07, 6.45) is 5.48. The second-order valence-corrected chi connectivity index (χ2v) is 2.85. The first kappa shape index (κ1) is 13.4. The van der Waals surface area contributed by atoms with Gasteiger partial charge in [-0.05, 0) is 5.56 Å². The number of hydrogen-bond acceptors (Lipinski definition) is 1. The van der Waals surface area contributed by atoms with Crippen LogP contribution in [0.5, 0.6) is 0 Å². The van der Waals surface area contributed by atoms with Gasteiger partial charge < -0.3 is 5.32 Å². The maximum atomic E-state index is 3.63. The van der Waals surface area contributed by atoms with Gasteiger partial charge in [-0.3, -0.25) is 0 Å². The summed E-state index contributed by atoms with van der Waals surface area (Å²) in [5.74, 6) is 0. The van der Waals surface area contributed by atoms with Crippen molar-refractivity contribution in [3.63, 3.8) is 0 Å². The van der Waals surface area contributed by atoms with E-state index in [4.69, 9.17) is 0 Å². The van der Waals surface area contributed by atoms with Crippen molar-refractivity contribution in [1.29, 1.82) is 0 Å². The lowest BCUT2D eigenvalue weighted by molar-refractivity contribution is 0.845. The Labute approximate surface area is 92.8 Å². The summed E-state index contributed by atoms with van der Waals surface area (Å²) in [6.45, 7) is 12.4. The normalized spacial score (nSPS) is 8.27. The number of rotatable bonds is 5. The monoisotopic (exact) mass is 201 g/mol. The van der Waals surface area contributed by atoms with Gasteiger partial charge in [0.25, 0.3) is 0 Å².